The van der Waals surface area contributed by atoms with Gasteiger partial charge in [-0.3, -0.25) is 4.72 Å². The zero-order chi connectivity index (χ0) is 14.9. The number of pyridine rings is 1. The maximum Gasteiger partial charge on any atom is 0.262 e. The van der Waals surface area contributed by atoms with Crippen LogP contribution in [-0.2, 0) is 10.0 Å². The number of aromatic nitrogens is 1. The molecule has 0 aliphatic carbocycles. The lowest BCUT2D eigenvalue weighted by Crippen LogP contribution is -2.14. The number of rotatable bonds is 3. The van der Waals surface area contributed by atoms with Gasteiger partial charge >= 0.3 is 0 Å². The van der Waals surface area contributed by atoms with Crippen LogP contribution in [0.5, 0.6) is 0 Å². The van der Waals surface area contributed by atoms with Gasteiger partial charge in [0.1, 0.15) is 0 Å². The molecule has 1 N–H and O–H groups in total. The van der Waals surface area contributed by atoms with Crippen molar-refractivity contribution in [3.8, 4) is 0 Å². The highest BCUT2D eigenvalue weighted by molar-refractivity contribution is 7.92. The van der Waals surface area contributed by atoms with Crippen LogP contribution >= 0.6 is 11.6 Å². The largest absolute Gasteiger partial charge is 0.276 e. The molecule has 0 aliphatic heterocycles. The summed E-state index contributed by atoms with van der Waals surface area (Å²) in [7, 11) is -3.68. The second kappa shape index (κ2) is 5.42. The maximum atomic E-state index is 12.4. The van der Waals surface area contributed by atoms with Crippen molar-refractivity contribution in [2.75, 3.05) is 4.72 Å². The van der Waals surface area contributed by atoms with E-state index in [9.17, 15) is 8.42 Å². The lowest BCUT2D eigenvalue weighted by Gasteiger charge is -2.12. The quantitative estimate of drug-likeness (QED) is 0.883. The minimum atomic E-state index is -3.68. The van der Waals surface area contributed by atoms with Crippen molar-refractivity contribution in [2.45, 2.75) is 25.7 Å². The van der Waals surface area contributed by atoms with Crippen LogP contribution in [0.15, 0.2) is 35.4 Å². The van der Waals surface area contributed by atoms with Gasteiger partial charge in [0.15, 0.2) is 5.15 Å². The van der Waals surface area contributed by atoms with Crippen molar-refractivity contribution in [2.24, 2.45) is 0 Å². The Morgan fingerprint density at radius 2 is 1.70 bits per heavy atom. The Bertz CT molecular complexity index is 717. The monoisotopic (exact) mass is 310 g/mol. The summed E-state index contributed by atoms with van der Waals surface area (Å²) < 4.78 is 27.3. The van der Waals surface area contributed by atoms with Gasteiger partial charge in [-0.05, 0) is 55.7 Å². The zero-order valence-corrected chi connectivity index (χ0v) is 13.0. The van der Waals surface area contributed by atoms with Crippen LogP contribution < -0.4 is 4.72 Å². The summed E-state index contributed by atoms with van der Waals surface area (Å²) in [4.78, 5) is 4.11. The lowest BCUT2D eigenvalue weighted by atomic mass is 10.2. The van der Waals surface area contributed by atoms with Gasteiger partial charge in [0, 0.05) is 6.20 Å². The number of benzene rings is 1. The summed E-state index contributed by atoms with van der Waals surface area (Å²) in [6, 6.07) is 6.86. The van der Waals surface area contributed by atoms with Gasteiger partial charge in [-0.1, -0.05) is 17.7 Å². The predicted octanol–water partition coefficient (Wildman–Crippen LogP) is 3.46. The van der Waals surface area contributed by atoms with Crippen LogP contribution in [0.25, 0.3) is 0 Å². The minimum absolute atomic E-state index is 0.137. The zero-order valence-electron chi connectivity index (χ0n) is 11.4. The van der Waals surface area contributed by atoms with Crippen LogP contribution in [0.3, 0.4) is 0 Å². The smallest absolute Gasteiger partial charge is 0.262 e. The van der Waals surface area contributed by atoms with E-state index in [-0.39, 0.29) is 10.0 Å². The molecule has 0 saturated heterocycles. The summed E-state index contributed by atoms with van der Waals surface area (Å²) in [5.74, 6) is 0. The number of hydrogen-bond donors (Lipinski definition) is 1. The fourth-order valence-electron chi connectivity index (χ4n) is 1.93. The first-order valence-corrected chi connectivity index (χ1v) is 7.88. The number of halogens is 1. The van der Waals surface area contributed by atoms with Gasteiger partial charge in [0.2, 0.25) is 0 Å². The second-order valence-electron chi connectivity index (χ2n) is 4.72. The average molecular weight is 311 g/mol. The molecule has 6 heteroatoms. The van der Waals surface area contributed by atoms with Crippen molar-refractivity contribution in [1.82, 2.24) is 4.98 Å². The third-order valence-corrected chi connectivity index (χ3v) is 4.47. The highest BCUT2D eigenvalue weighted by atomic mass is 35.5. The average Bonchev–Trinajstić information content (AvgIpc) is 2.33. The molecule has 0 fully saturated rings. The Kier molecular flexibility index (Phi) is 4.01. The van der Waals surface area contributed by atoms with Gasteiger partial charge in [-0.15, -0.1) is 0 Å². The van der Waals surface area contributed by atoms with Crippen LogP contribution in [0.1, 0.15) is 16.7 Å². The standard InChI is InChI=1S/C14H15ClN2O2S/c1-9-6-10(2)8-12(7-9)20(18,19)17-13-11(3)4-5-16-14(13)15/h4-8,17H,1-3H3. The summed E-state index contributed by atoms with van der Waals surface area (Å²) in [5, 5.41) is 0.137. The fourth-order valence-corrected chi connectivity index (χ4v) is 3.56. The van der Waals surface area contributed by atoms with E-state index < -0.39 is 10.0 Å². The van der Waals surface area contributed by atoms with Crippen LogP contribution in [-0.4, -0.2) is 13.4 Å². The molecule has 106 valence electrons. The third-order valence-electron chi connectivity index (χ3n) is 2.85. The van der Waals surface area contributed by atoms with E-state index in [0.29, 0.717) is 5.69 Å². The third kappa shape index (κ3) is 3.11. The molecule has 0 aliphatic rings. The molecule has 0 atom stereocenters. The van der Waals surface area contributed by atoms with E-state index in [0.717, 1.165) is 16.7 Å². The van der Waals surface area contributed by atoms with Gasteiger partial charge in [0.05, 0.1) is 10.6 Å². The number of nitrogens with zero attached hydrogens (tertiary/aromatic N) is 1. The van der Waals surface area contributed by atoms with Gasteiger partial charge < -0.3 is 0 Å². The molecule has 2 aromatic rings. The Balaban J connectivity index is 2.46. The molecule has 0 radical (unpaired) electrons. The number of sulfonamides is 1. The molecule has 0 bridgehead atoms. The Morgan fingerprint density at radius 3 is 2.25 bits per heavy atom. The highest BCUT2D eigenvalue weighted by Crippen LogP contribution is 2.26. The molecule has 0 spiro atoms. The van der Waals surface area contributed by atoms with Crippen molar-refractivity contribution in [1.29, 1.82) is 0 Å². The van der Waals surface area contributed by atoms with E-state index in [1.54, 1.807) is 25.1 Å². The molecule has 1 aromatic carbocycles. The predicted molar refractivity (Wildman–Crippen MR) is 80.7 cm³/mol. The fraction of sp³-hybridized carbons (Fsp3) is 0.214. The lowest BCUT2D eigenvalue weighted by molar-refractivity contribution is 0.601. The number of anilines is 1. The van der Waals surface area contributed by atoms with E-state index in [2.05, 4.69) is 9.71 Å². The van der Waals surface area contributed by atoms with E-state index in [4.69, 9.17) is 11.6 Å². The maximum absolute atomic E-state index is 12.4. The van der Waals surface area contributed by atoms with E-state index in [1.807, 2.05) is 19.9 Å². The van der Waals surface area contributed by atoms with Gasteiger partial charge in [0.25, 0.3) is 10.0 Å². The van der Waals surface area contributed by atoms with Crippen molar-refractivity contribution < 1.29 is 8.42 Å². The summed E-state index contributed by atoms with van der Waals surface area (Å²) in [6.07, 6.45) is 1.53. The van der Waals surface area contributed by atoms with Crippen LogP contribution in [0.4, 0.5) is 5.69 Å². The van der Waals surface area contributed by atoms with E-state index >= 15 is 0 Å². The summed E-state index contributed by atoms with van der Waals surface area (Å²) in [6.45, 7) is 5.48. The van der Waals surface area contributed by atoms with Crippen LogP contribution in [0.2, 0.25) is 5.15 Å². The number of nitrogens with one attached hydrogen (secondary N) is 1. The first-order valence-electron chi connectivity index (χ1n) is 6.02. The summed E-state index contributed by atoms with van der Waals surface area (Å²) in [5.41, 5.74) is 2.81. The molecular weight excluding hydrogens is 296 g/mol. The molecule has 0 amide bonds. The SMILES string of the molecule is Cc1cc(C)cc(S(=O)(=O)Nc2c(C)ccnc2Cl)c1. The minimum Gasteiger partial charge on any atom is -0.276 e. The Morgan fingerprint density at radius 1 is 1.10 bits per heavy atom. The Hall–Kier alpha value is -1.59. The first-order chi connectivity index (χ1) is 9.29. The van der Waals surface area contributed by atoms with Gasteiger partial charge in [-0.2, -0.15) is 0 Å². The van der Waals surface area contributed by atoms with Crippen molar-refractivity contribution >= 4 is 27.3 Å². The molecule has 4 nitrogen and oxygen atoms in total. The Labute approximate surface area is 123 Å². The van der Waals surface area contributed by atoms with Crippen molar-refractivity contribution in [3.05, 3.63) is 52.3 Å². The molecule has 1 aromatic heterocycles. The highest BCUT2D eigenvalue weighted by Gasteiger charge is 2.18. The number of aryl methyl sites for hydroxylation is 3. The molecule has 1 heterocycles. The van der Waals surface area contributed by atoms with Gasteiger partial charge in [-0.25, -0.2) is 13.4 Å². The first kappa shape index (κ1) is 14.8. The second-order valence-corrected chi connectivity index (χ2v) is 6.76. The van der Waals surface area contributed by atoms with E-state index in [1.165, 1.54) is 6.20 Å². The van der Waals surface area contributed by atoms with Crippen LogP contribution in [0, 0.1) is 20.8 Å². The molecule has 2 rings (SSSR count). The molecular formula is C14H15ClN2O2S. The molecule has 0 unspecified atom stereocenters. The molecule has 20 heavy (non-hydrogen) atoms. The molecule has 0 saturated carbocycles. The topological polar surface area (TPSA) is 59.1 Å². The number of hydrogen-bond acceptors (Lipinski definition) is 3. The van der Waals surface area contributed by atoms with Crippen molar-refractivity contribution in [3.63, 3.8) is 0 Å². The normalized spacial score (nSPS) is 11.4. The summed E-state index contributed by atoms with van der Waals surface area (Å²) >= 11 is 5.95.